The number of hydrogen-bond acceptors (Lipinski definition) is 7. The van der Waals surface area contributed by atoms with Crippen molar-refractivity contribution in [3.63, 3.8) is 0 Å². The van der Waals surface area contributed by atoms with Crippen molar-refractivity contribution in [3.05, 3.63) is 41.4 Å². The molecule has 1 fully saturated rings. The number of nitrogens with one attached hydrogen (secondary N) is 1. The molecule has 0 radical (unpaired) electrons. The molecular formula is C19H21N3O4S2. The Labute approximate surface area is 168 Å². The van der Waals surface area contributed by atoms with Crippen LogP contribution in [-0.4, -0.2) is 38.3 Å². The third kappa shape index (κ3) is 5.16. The highest BCUT2D eigenvalue weighted by Gasteiger charge is 2.27. The predicted octanol–water partition coefficient (Wildman–Crippen LogP) is 2.98. The van der Waals surface area contributed by atoms with E-state index in [1.165, 1.54) is 23.5 Å². The first kappa shape index (κ1) is 20.5. The van der Waals surface area contributed by atoms with E-state index in [2.05, 4.69) is 10.3 Å². The lowest BCUT2D eigenvalue weighted by atomic mass is 9.84. The van der Waals surface area contributed by atoms with Crippen LogP contribution in [0.3, 0.4) is 0 Å². The van der Waals surface area contributed by atoms with Crippen LogP contribution in [0.4, 0.5) is 5.13 Å². The number of sulfone groups is 1. The molecule has 1 N–H and O–H groups in total. The maximum atomic E-state index is 12.9. The number of benzene rings is 1. The molecule has 1 aromatic carbocycles. The van der Waals surface area contributed by atoms with Gasteiger partial charge in [0, 0.05) is 24.8 Å². The molecule has 2 aromatic rings. The van der Waals surface area contributed by atoms with Gasteiger partial charge in [-0.3, -0.25) is 4.79 Å². The van der Waals surface area contributed by atoms with Gasteiger partial charge in [0.2, 0.25) is 5.91 Å². The van der Waals surface area contributed by atoms with Crippen LogP contribution in [0.25, 0.3) is 0 Å². The summed E-state index contributed by atoms with van der Waals surface area (Å²) >= 11 is 1.35. The summed E-state index contributed by atoms with van der Waals surface area (Å²) in [5.74, 6) is -0.779. The van der Waals surface area contributed by atoms with E-state index < -0.39 is 21.5 Å². The molecule has 1 atom stereocenters. The zero-order chi connectivity index (χ0) is 20.0. The van der Waals surface area contributed by atoms with Crippen LogP contribution in [-0.2, 0) is 19.4 Å². The summed E-state index contributed by atoms with van der Waals surface area (Å²) in [6, 6.07) is 7.93. The number of anilines is 1. The maximum absolute atomic E-state index is 12.9. The predicted molar refractivity (Wildman–Crippen MR) is 106 cm³/mol. The Kier molecular flexibility index (Phi) is 6.78. The Morgan fingerprint density at radius 2 is 2.04 bits per heavy atom. The molecule has 1 aromatic heterocycles. The number of carbonyl (C=O) groups excluding carboxylic acids is 1. The van der Waals surface area contributed by atoms with Crippen molar-refractivity contribution in [1.82, 2.24) is 4.98 Å². The van der Waals surface area contributed by atoms with Crippen molar-refractivity contribution in [3.8, 4) is 6.07 Å². The van der Waals surface area contributed by atoms with E-state index in [1.54, 1.807) is 29.8 Å². The van der Waals surface area contributed by atoms with Gasteiger partial charge in [-0.15, -0.1) is 11.3 Å². The van der Waals surface area contributed by atoms with E-state index in [0.717, 1.165) is 18.4 Å². The number of hydrogen-bond donors (Lipinski definition) is 1. The molecule has 148 valence electrons. The highest BCUT2D eigenvalue weighted by molar-refractivity contribution is 7.91. The molecule has 1 amide bonds. The number of ether oxygens (including phenoxy) is 1. The lowest BCUT2D eigenvalue weighted by Crippen LogP contribution is -2.26. The van der Waals surface area contributed by atoms with Crippen LogP contribution in [0, 0.1) is 17.2 Å². The number of amides is 1. The van der Waals surface area contributed by atoms with Gasteiger partial charge in [-0.25, -0.2) is 13.4 Å². The number of carbonyl (C=O) groups is 1. The van der Waals surface area contributed by atoms with Crippen molar-refractivity contribution in [2.75, 3.05) is 24.3 Å². The first-order valence-electron chi connectivity index (χ1n) is 8.97. The lowest BCUT2D eigenvalue weighted by Gasteiger charge is -2.26. The lowest BCUT2D eigenvalue weighted by molar-refractivity contribution is -0.118. The largest absolute Gasteiger partial charge is 0.381 e. The molecule has 1 unspecified atom stereocenters. The minimum Gasteiger partial charge on any atom is -0.381 e. The summed E-state index contributed by atoms with van der Waals surface area (Å²) in [6.07, 6.45) is 4.08. The molecule has 0 bridgehead atoms. The van der Waals surface area contributed by atoms with E-state index in [-0.39, 0.29) is 10.8 Å². The molecule has 28 heavy (non-hydrogen) atoms. The van der Waals surface area contributed by atoms with Crippen molar-refractivity contribution >= 4 is 32.2 Å². The fourth-order valence-electron chi connectivity index (χ4n) is 3.26. The van der Waals surface area contributed by atoms with E-state index in [9.17, 15) is 13.2 Å². The molecule has 2 heterocycles. The number of nitriles is 1. The summed E-state index contributed by atoms with van der Waals surface area (Å²) < 4.78 is 29.5. The highest BCUT2D eigenvalue weighted by atomic mass is 32.2. The van der Waals surface area contributed by atoms with Gasteiger partial charge in [-0.1, -0.05) is 12.1 Å². The molecule has 1 saturated heterocycles. The normalized spacial score (nSPS) is 16.2. The average Bonchev–Trinajstić information content (AvgIpc) is 3.20. The molecule has 3 rings (SSSR count). The van der Waals surface area contributed by atoms with Crippen LogP contribution in [0.5, 0.6) is 0 Å². The molecule has 0 spiro atoms. The second-order valence-corrected chi connectivity index (χ2v) is 9.54. The van der Waals surface area contributed by atoms with Crippen LogP contribution in [0.2, 0.25) is 0 Å². The molecule has 9 heteroatoms. The monoisotopic (exact) mass is 419 g/mol. The van der Waals surface area contributed by atoms with Crippen molar-refractivity contribution < 1.29 is 17.9 Å². The standard InChI is InChI=1S/C19H21N3O4S2/c20-7-12-28(24,25)16-3-1-15(2-4-16)17(13-14-5-9-26-10-6-14)18(23)22-19-21-8-11-27-19/h1-4,8,11,14,17H,5-6,9-10,12-13H2,(H,21,22,23). The van der Waals surface area contributed by atoms with Gasteiger partial charge < -0.3 is 10.1 Å². The van der Waals surface area contributed by atoms with Gasteiger partial charge in [-0.05, 0) is 42.9 Å². The second-order valence-electron chi connectivity index (χ2n) is 6.66. The SMILES string of the molecule is N#CCS(=O)(=O)c1ccc(C(CC2CCOCC2)C(=O)Nc2nccs2)cc1. The molecule has 1 aliphatic heterocycles. The minimum atomic E-state index is -3.63. The summed E-state index contributed by atoms with van der Waals surface area (Å²) in [7, 11) is -3.63. The van der Waals surface area contributed by atoms with Crippen LogP contribution < -0.4 is 5.32 Å². The smallest absolute Gasteiger partial charge is 0.233 e. The first-order chi connectivity index (χ1) is 13.5. The van der Waals surface area contributed by atoms with E-state index >= 15 is 0 Å². The molecule has 0 saturated carbocycles. The average molecular weight is 420 g/mol. The van der Waals surface area contributed by atoms with Gasteiger partial charge >= 0.3 is 0 Å². The van der Waals surface area contributed by atoms with E-state index in [4.69, 9.17) is 10.00 Å². The summed E-state index contributed by atoms with van der Waals surface area (Å²) in [6.45, 7) is 1.38. The Balaban J connectivity index is 1.82. The molecule has 1 aliphatic rings. The second kappa shape index (κ2) is 9.28. The molecular weight excluding hydrogens is 398 g/mol. The third-order valence-electron chi connectivity index (χ3n) is 4.79. The Morgan fingerprint density at radius 1 is 1.32 bits per heavy atom. The Morgan fingerprint density at radius 3 is 2.64 bits per heavy atom. The number of thiazole rings is 1. The van der Waals surface area contributed by atoms with E-state index in [1.807, 2.05) is 0 Å². The topological polar surface area (TPSA) is 109 Å². The van der Waals surface area contributed by atoms with Crippen molar-refractivity contribution in [2.24, 2.45) is 5.92 Å². The maximum Gasteiger partial charge on any atom is 0.233 e. The van der Waals surface area contributed by atoms with Gasteiger partial charge in [0.1, 0.15) is 5.75 Å². The Hall–Kier alpha value is -2.28. The fourth-order valence-corrected chi connectivity index (χ4v) is 4.68. The first-order valence-corrected chi connectivity index (χ1v) is 11.5. The number of rotatable bonds is 7. The zero-order valence-electron chi connectivity index (χ0n) is 15.2. The van der Waals surface area contributed by atoms with Crippen molar-refractivity contribution in [1.29, 1.82) is 5.26 Å². The van der Waals surface area contributed by atoms with Gasteiger partial charge in [0.15, 0.2) is 15.0 Å². The van der Waals surface area contributed by atoms with Gasteiger partial charge in [-0.2, -0.15) is 5.26 Å². The van der Waals surface area contributed by atoms with Gasteiger partial charge in [0.25, 0.3) is 0 Å². The number of nitrogens with zero attached hydrogens (tertiary/aromatic N) is 2. The summed E-state index contributed by atoms with van der Waals surface area (Å²) in [5, 5.41) is 13.9. The fraction of sp³-hybridized carbons (Fsp3) is 0.421. The summed E-state index contributed by atoms with van der Waals surface area (Å²) in [4.78, 5) is 17.1. The van der Waals surface area contributed by atoms with Crippen LogP contribution in [0.1, 0.15) is 30.7 Å². The van der Waals surface area contributed by atoms with Crippen LogP contribution >= 0.6 is 11.3 Å². The van der Waals surface area contributed by atoms with Crippen LogP contribution in [0.15, 0.2) is 40.7 Å². The van der Waals surface area contributed by atoms with Crippen molar-refractivity contribution in [2.45, 2.75) is 30.1 Å². The molecule has 7 nitrogen and oxygen atoms in total. The van der Waals surface area contributed by atoms with Gasteiger partial charge in [0.05, 0.1) is 16.9 Å². The summed E-state index contributed by atoms with van der Waals surface area (Å²) in [5.41, 5.74) is 0.747. The molecule has 0 aliphatic carbocycles. The third-order valence-corrected chi connectivity index (χ3v) is 6.97. The highest BCUT2D eigenvalue weighted by Crippen LogP contribution is 2.31. The number of aromatic nitrogens is 1. The Bertz CT molecular complexity index is 929. The zero-order valence-corrected chi connectivity index (χ0v) is 16.8. The minimum absolute atomic E-state index is 0.0861. The quantitative estimate of drug-likeness (QED) is 0.739. The van der Waals surface area contributed by atoms with E-state index in [0.29, 0.717) is 30.7 Å².